The van der Waals surface area contributed by atoms with E-state index in [1.807, 2.05) is 0 Å². The summed E-state index contributed by atoms with van der Waals surface area (Å²) >= 11 is 0. The van der Waals surface area contributed by atoms with Gasteiger partial charge in [0.1, 0.15) is 0 Å². The average molecular weight is 216 g/mol. The van der Waals surface area contributed by atoms with Gasteiger partial charge in [-0.3, -0.25) is 4.57 Å². The van der Waals surface area contributed by atoms with Crippen LogP contribution in [0.25, 0.3) is 0 Å². The van der Waals surface area contributed by atoms with Gasteiger partial charge in [0.2, 0.25) is 0 Å². The third-order valence-corrected chi connectivity index (χ3v) is 3.22. The summed E-state index contributed by atoms with van der Waals surface area (Å²) in [5.74, 6) is 0. The highest BCUT2D eigenvalue weighted by atomic mass is 32.2. The molecule has 0 heterocycles. The summed E-state index contributed by atoms with van der Waals surface area (Å²) < 4.78 is 32.3. The zero-order chi connectivity index (χ0) is 9.90. The van der Waals surface area contributed by atoms with Gasteiger partial charge in [0, 0.05) is 6.26 Å². The SMILES string of the molecule is CS(=O)(=O)c1ccc(CP=O)cc1. The number of rotatable bonds is 3. The first kappa shape index (κ1) is 10.4. The van der Waals surface area contributed by atoms with Gasteiger partial charge < -0.3 is 0 Å². The number of hydrogen-bond acceptors (Lipinski definition) is 3. The second kappa shape index (κ2) is 3.99. The zero-order valence-electron chi connectivity index (χ0n) is 7.10. The molecule has 1 rings (SSSR count). The van der Waals surface area contributed by atoms with Crippen LogP contribution >= 0.6 is 8.46 Å². The summed E-state index contributed by atoms with van der Waals surface area (Å²) in [5, 5.41) is 0. The minimum Gasteiger partial charge on any atom is -0.275 e. The highest BCUT2D eigenvalue weighted by molar-refractivity contribution is 7.90. The van der Waals surface area contributed by atoms with Crippen LogP contribution in [0.5, 0.6) is 0 Å². The van der Waals surface area contributed by atoms with Crippen molar-refractivity contribution in [3.05, 3.63) is 29.8 Å². The normalized spacial score (nSPS) is 11.8. The molecule has 0 saturated heterocycles. The molecule has 0 aromatic heterocycles. The zero-order valence-corrected chi connectivity index (χ0v) is 8.81. The second-order valence-corrected chi connectivity index (χ2v) is 5.29. The Morgan fingerprint density at radius 2 is 1.77 bits per heavy atom. The lowest BCUT2D eigenvalue weighted by Gasteiger charge is -1.98. The fourth-order valence-electron chi connectivity index (χ4n) is 0.917. The standard InChI is InChI=1S/C8H9O3PS/c1-13(10,11)8-4-2-7(3-5-8)6-12-9/h2-5H,6H2,1H3. The van der Waals surface area contributed by atoms with Gasteiger partial charge in [0.05, 0.1) is 11.1 Å². The average Bonchev–Trinajstić information content (AvgIpc) is 2.04. The van der Waals surface area contributed by atoms with Crippen LogP contribution < -0.4 is 0 Å². The molecule has 0 fully saturated rings. The third kappa shape index (κ3) is 2.90. The maximum absolute atomic E-state index is 11.0. The Labute approximate surface area is 78.9 Å². The molecule has 0 aliphatic rings. The van der Waals surface area contributed by atoms with Crippen LogP contribution in [-0.2, 0) is 20.6 Å². The van der Waals surface area contributed by atoms with Crippen molar-refractivity contribution in [3.8, 4) is 0 Å². The van der Waals surface area contributed by atoms with Gasteiger partial charge in [-0.2, -0.15) is 0 Å². The first-order chi connectivity index (χ1) is 6.04. The van der Waals surface area contributed by atoms with Crippen molar-refractivity contribution in [3.63, 3.8) is 0 Å². The Kier molecular flexibility index (Phi) is 3.17. The van der Waals surface area contributed by atoms with Gasteiger partial charge in [-0.05, 0) is 17.7 Å². The van der Waals surface area contributed by atoms with Gasteiger partial charge in [0.15, 0.2) is 18.3 Å². The quantitative estimate of drug-likeness (QED) is 0.725. The number of sulfone groups is 1. The molecule has 13 heavy (non-hydrogen) atoms. The molecule has 0 spiro atoms. The third-order valence-electron chi connectivity index (χ3n) is 1.60. The maximum atomic E-state index is 11.0. The van der Waals surface area contributed by atoms with Crippen molar-refractivity contribution in [1.29, 1.82) is 0 Å². The van der Waals surface area contributed by atoms with Crippen LogP contribution in [0, 0.1) is 0 Å². The molecule has 0 bridgehead atoms. The Morgan fingerprint density at radius 1 is 1.23 bits per heavy atom. The lowest BCUT2D eigenvalue weighted by Crippen LogP contribution is -1.96. The minimum absolute atomic E-state index is 0.0439. The van der Waals surface area contributed by atoms with Crippen molar-refractivity contribution < 1.29 is 13.0 Å². The molecule has 3 nitrogen and oxygen atoms in total. The van der Waals surface area contributed by atoms with E-state index in [2.05, 4.69) is 0 Å². The van der Waals surface area contributed by atoms with E-state index in [4.69, 9.17) is 0 Å². The van der Waals surface area contributed by atoms with Crippen LogP contribution in [0.2, 0.25) is 0 Å². The van der Waals surface area contributed by atoms with Gasteiger partial charge >= 0.3 is 0 Å². The first-order valence-corrected chi connectivity index (χ1v) is 6.51. The molecule has 5 heteroatoms. The Hall–Kier alpha value is -0.730. The molecular weight excluding hydrogens is 207 g/mol. The van der Waals surface area contributed by atoms with E-state index >= 15 is 0 Å². The monoisotopic (exact) mass is 216 g/mol. The summed E-state index contributed by atoms with van der Waals surface area (Å²) in [6.07, 6.45) is 1.58. The van der Waals surface area contributed by atoms with Crippen molar-refractivity contribution in [1.82, 2.24) is 0 Å². The number of benzene rings is 1. The molecule has 0 saturated carbocycles. The lowest BCUT2D eigenvalue weighted by atomic mass is 10.2. The molecule has 0 aliphatic carbocycles. The molecule has 0 N–H and O–H groups in total. The van der Waals surface area contributed by atoms with E-state index in [-0.39, 0.29) is 8.46 Å². The minimum atomic E-state index is -3.11. The lowest BCUT2D eigenvalue weighted by molar-refractivity contribution is 0.598. The molecule has 0 aliphatic heterocycles. The van der Waals surface area contributed by atoms with E-state index in [1.54, 1.807) is 12.1 Å². The fourth-order valence-corrected chi connectivity index (χ4v) is 1.91. The molecule has 1 aromatic carbocycles. The summed E-state index contributed by atoms with van der Waals surface area (Å²) in [5.41, 5.74) is 0.865. The van der Waals surface area contributed by atoms with E-state index in [1.165, 1.54) is 12.1 Å². The van der Waals surface area contributed by atoms with Crippen LogP contribution in [0.15, 0.2) is 29.2 Å². The largest absolute Gasteiger partial charge is 0.275 e. The van der Waals surface area contributed by atoms with Gasteiger partial charge in [-0.25, -0.2) is 8.42 Å². The highest BCUT2D eigenvalue weighted by Crippen LogP contribution is 2.13. The van der Waals surface area contributed by atoms with Crippen LogP contribution in [0.4, 0.5) is 0 Å². The summed E-state index contributed by atoms with van der Waals surface area (Å²) in [4.78, 5) is 0.291. The van der Waals surface area contributed by atoms with Gasteiger partial charge in [0.25, 0.3) is 0 Å². The van der Waals surface area contributed by atoms with Crippen molar-refractivity contribution in [2.24, 2.45) is 0 Å². The highest BCUT2D eigenvalue weighted by Gasteiger charge is 2.05. The molecule has 0 amide bonds. The topological polar surface area (TPSA) is 51.2 Å². The number of hydrogen-bond donors (Lipinski definition) is 0. The molecule has 0 unspecified atom stereocenters. The Balaban J connectivity index is 3.01. The summed E-state index contributed by atoms with van der Waals surface area (Å²) in [6.45, 7) is 0. The van der Waals surface area contributed by atoms with Crippen molar-refractivity contribution in [2.75, 3.05) is 6.26 Å². The molecule has 0 atom stereocenters. The smallest absolute Gasteiger partial charge is 0.175 e. The molecular formula is C8H9O3PS. The van der Waals surface area contributed by atoms with Crippen LogP contribution in [0.3, 0.4) is 0 Å². The van der Waals surface area contributed by atoms with Gasteiger partial charge in [-0.15, -0.1) is 0 Å². The van der Waals surface area contributed by atoms with Crippen molar-refractivity contribution in [2.45, 2.75) is 11.1 Å². The Morgan fingerprint density at radius 3 is 2.15 bits per heavy atom. The Bertz CT molecular complexity index is 394. The second-order valence-electron chi connectivity index (χ2n) is 2.70. The van der Waals surface area contributed by atoms with Crippen LogP contribution in [-0.4, -0.2) is 14.7 Å². The predicted octanol–water partition coefficient (Wildman–Crippen LogP) is 1.88. The molecule has 1 aromatic rings. The summed E-state index contributed by atoms with van der Waals surface area (Å²) in [7, 11) is -3.07. The van der Waals surface area contributed by atoms with E-state index in [0.29, 0.717) is 11.1 Å². The predicted molar refractivity (Wildman–Crippen MR) is 50.9 cm³/mol. The first-order valence-electron chi connectivity index (χ1n) is 3.62. The fraction of sp³-hybridized carbons (Fsp3) is 0.250. The molecule has 70 valence electrons. The van der Waals surface area contributed by atoms with E-state index < -0.39 is 9.84 Å². The van der Waals surface area contributed by atoms with Crippen molar-refractivity contribution >= 4 is 18.3 Å². The van der Waals surface area contributed by atoms with E-state index in [9.17, 15) is 13.0 Å². The van der Waals surface area contributed by atoms with E-state index in [0.717, 1.165) is 11.8 Å². The van der Waals surface area contributed by atoms with Crippen LogP contribution in [0.1, 0.15) is 5.56 Å². The molecule has 0 radical (unpaired) electrons. The summed E-state index contributed by atoms with van der Waals surface area (Å²) in [6, 6.07) is 6.38. The van der Waals surface area contributed by atoms with Gasteiger partial charge in [-0.1, -0.05) is 12.1 Å². The maximum Gasteiger partial charge on any atom is 0.175 e.